The Hall–Kier alpha value is -0.900. The van der Waals surface area contributed by atoms with Crippen molar-refractivity contribution in [2.24, 2.45) is 0 Å². The number of thiazole rings is 1. The molecule has 2 nitrogen and oxygen atoms in total. The summed E-state index contributed by atoms with van der Waals surface area (Å²) < 4.78 is 0. The monoisotopic (exact) mass is 308 g/mol. The molecule has 0 spiro atoms. The highest BCUT2D eigenvalue weighted by Crippen LogP contribution is 2.27. The molecule has 1 heterocycles. The van der Waals surface area contributed by atoms with E-state index in [1.165, 1.54) is 15.4 Å². The molecule has 0 amide bonds. The zero-order valence-electron chi connectivity index (χ0n) is 12.4. The first-order valence-corrected chi connectivity index (χ1v) is 8.00. The molecule has 1 atom stereocenters. The summed E-state index contributed by atoms with van der Waals surface area (Å²) in [5.74, 6) is 0. The van der Waals surface area contributed by atoms with Crippen molar-refractivity contribution in [3.63, 3.8) is 0 Å². The quantitative estimate of drug-likeness (QED) is 0.865. The largest absolute Gasteiger partial charge is 0.305 e. The van der Waals surface area contributed by atoms with Crippen molar-refractivity contribution in [1.29, 1.82) is 0 Å². The molecule has 20 heavy (non-hydrogen) atoms. The first-order chi connectivity index (χ1) is 9.36. The summed E-state index contributed by atoms with van der Waals surface area (Å²) in [5, 5.41) is 5.49. The van der Waals surface area contributed by atoms with Crippen molar-refractivity contribution in [3.05, 3.63) is 50.9 Å². The summed E-state index contributed by atoms with van der Waals surface area (Å²) in [7, 11) is 0. The van der Waals surface area contributed by atoms with Gasteiger partial charge in [0.2, 0.25) is 0 Å². The maximum Gasteiger partial charge on any atom is 0.0981 e. The second kappa shape index (κ2) is 6.25. The van der Waals surface area contributed by atoms with Crippen LogP contribution in [0, 0.1) is 0 Å². The van der Waals surface area contributed by atoms with Crippen LogP contribution in [0.3, 0.4) is 0 Å². The molecule has 1 aromatic heterocycles. The van der Waals surface area contributed by atoms with E-state index in [2.05, 4.69) is 44.1 Å². The number of rotatable bonds is 4. The molecule has 4 heteroatoms. The van der Waals surface area contributed by atoms with Crippen LogP contribution in [0.1, 0.15) is 49.2 Å². The summed E-state index contributed by atoms with van der Waals surface area (Å²) >= 11 is 7.80. The van der Waals surface area contributed by atoms with E-state index in [0.717, 1.165) is 11.6 Å². The van der Waals surface area contributed by atoms with Crippen LogP contribution in [0.4, 0.5) is 0 Å². The fraction of sp³-hybridized carbons (Fsp3) is 0.438. The van der Waals surface area contributed by atoms with Crippen molar-refractivity contribution in [2.45, 2.75) is 45.7 Å². The molecular formula is C16H21ClN2S. The third kappa shape index (κ3) is 4.05. The Morgan fingerprint density at radius 1 is 1.35 bits per heavy atom. The van der Waals surface area contributed by atoms with Gasteiger partial charge in [0, 0.05) is 34.1 Å². The van der Waals surface area contributed by atoms with Crippen LogP contribution >= 0.6 is 22.9 Å². The minimum absolute atomic E-state index is 0.126. The number of halogens is 1. The molecule has 0 radical (unpaired) electrons. The van der Waals surface area contributed by atoms with Gasteiger partial charge in [-0.05, 0) is 24.6 Å². The lowest BCUT2D eigenvalue weighted by atomic mass is 9.98. The number of nitrogens with zero attached hydrogens (tertiary/aromatic N) is 1. The Morgan fingerprint density at radius 2 is 2.10 bits per heavy atom. The van der Waals surface area contributed by atoms with Gasteiger partial charge in [-0.1, -0.05) is 44.5 Å². The van der Waals surface area contributed by atoms with Gasteiger partial charge in [0.25, 0.3) is 0 Å². The average Bonchev–Trinajstić information content (AvgIpc) is 2.84. The predicted molar refractivity (Wildman–Crippen MR) is 87.5 cm³/mol. The summed E-state index contributed by atoms with van der Waals surface area (Å²) in [6.45, 7) is 9.56. The lowest BCUT2D eigenvalue weighted by molar-refractivity contribution is 0.578. The Kier molecular flexibility index (Phi) is 4.84. The average molecular weight is 309 g/mol. The van der Waals surface area contributed by atoms with Crippen LogP contribution < -0.4 is 5.32 Å². The highest BCUT2D eigenvalue weighted by Gasteiger charge is 2.18. The lowest BCUT2D eigenvalue weighted by Crippen LogP contribution is -2.17. The molecule has 0 saturated carbocycles. The van der Waals surface area contributed by atoms with Crippen LogP contribution in [0.15, 0.2) is 30.5 Å². The van der Waals surface area contributed by atoms with Crippen molar-refractivity contribution in [1.82, 2.24) is 10.3 Å². The van der Waals surface area contributed by atoms with E-state index >= 15 is 0 Å². The van der Waals surface area contributed by atoms with Crippen LogP contribution in [-0.2, 0) is 12.0 Å². The second-order valence-electron chi connectivity index (χ2n) is 6.04. The summed E-state index contributed by atoms with van der Waals surface area (Å²) in [6, 6.07) is 8.26. The number of benzene rings is 1. The number of hydrogen-bond acceptors (Lipinski definition) is 3. The molecule has 2 rings (SSSR count). The highest BCUT2D eigenvalue weighted by molar-refractivity contribution is 7.11. The highest BCUT2D eigenvalue weighted by atomic mass is 35.5. The van der Waals surface area contributed by atoms with E-state index in [0.29, 0.717) is 0 Å². The van der Waals surface area contributed by atoms with Gasteiger partial charge in [-0.25, -0.2) is 4.98 Å². The molecule has 108 valence electrons. The van der Waals surface area contributed by atoms with Crippen LogP contribution in [0.5, 0.6) is 0 Å². The van der Waals surface area contributed by atoms with Gasteiger partial charge >= 0.3 is 0 Å². The maximum atomic E-state index is 6.02. The van der Waals surface area contributed by atoms with Gasteiger partial charge in [0.05, 0.1) is 5.01 Å². The van der Waals surface area contributed by atoms with Crippen molar-refractivity contribution < 1.29 is 0 Å². The van der Waals surface area contributed by atoms with Gasteiger partial charge in [-0.2, -0.15) is 0 Å². The molecule has 1 aromatic carbocycles. The lowest BCUT2D eigenvalue weighted by Gasteiger charge is -2.14. The van der Waals surface area contributed by atoms with E-state index in [1.807, 2.05) is 24.4 Å². The zero-order valence-corrected chi connectivity index (χ0v) is 14.0. The summed E-state index contributed by atoms with van der Waals surface area (Å²) in [4.78, 5) is 5.78. The van der Waals surface area contributed by atoms with Gasteiger partial charge in [-0.15, -0.1) is 11.3 Å². The molecule has 1 unspecified atom stereocenters. The molecule has 0 aliphatic carbocycles. The first-order valence-electron chi connectivity index (χ1n) is 6.80. The number of hydrogen-bond donors (Lipinski definition) is 1. The van der Waals surface area contributed by atoms with Crippen LogP contribution in [0.2, 0.25) is 5.02 Å². The van der Waals surface area contributed by atoms with E-state index in [-0.39, 0.29) is 11.5 Å². The molecule has 0 saturated heterocycles. The molecule has 0 fully saturated rings. The molecule has 0 bridgehead atoms. The third-order valence-corrected chi connectivity index (χ3v) is 4.78. The fourth-order valence-corrected chi connectivity index (χ4v) is 3.00. The Morgan fingerprint density at radius 3 is 2.70 bits per heavy atom. The fourth-order valence-electron chi connectivity index (χ4n) is 1.88. The minimum atomic E-state index is 0.126. The molecule has 0 aliphatic rings. The summed E-state index contributed by atoms with van der Waals surface area (Å²) in [5.41, 5.74) is 1.33. The van der Waals surface area contributed by atoms with Crippen molar-refractivity contribution in [3.8, 4) is 0 Å². The topological polar surface area (TPSA) is 24.9 Å². The van der Waals surface area contributed by atoms with Crippen LogP contribution in [-0.4, -0.2) is 4.98 Å². The number of nitrogens with one attached hydrogen (secondary N) is 1. The smallest absolute Gasteiger partial charge is 0.0981 e. The first kappa shape index (κ1) is 15.5. The van der Waals surface area contributed by atoms with Gasteiger partial charge in [0.1, 0.15) is 0 Å². The molecule has 1 N–H and O–H groups in total. The SMILES string of the molecule is CC(NCc1cnc(C(C)(C)C)s1)c1cccc(Cl)c1. The molecule has 2 aromatic rings. The number of aromatic nitrogens is 1. The van der Waals surface area contributed by atoms with E-state index < -0.39 is 0 Å². The standard InChI is InChI=1S/C16H21ClN2S/c1-11(12-6-5-7-13(17)8-12)18-9-14-10-19-15(20-14)16(2,3)4/h5-8,10-11,18H,9H2,1-4H3. The minimum Gasteiger partial charge on any atom is -0.305 e. The van der Waals surface area contributed by atoms with Gasteiger partial charge in [0.15, 0.2) is 0 Å². The molecular weight excluding hydrogens is 288 g/mol. The van der Waals surface area contributed by atoms with Gasteiger partial charge < -0.3 is 5.32 Å². The normalized spacial score (nSPS) is 13.4. The Balaban J connectivity index is 1.97. The van der Waals surface area contributed by atoms with Gasteiger partial charge in [-0.3, -0.25) is 0 Å². The summed E-state index contributed by atoms with van der Waals surface area (Å²) in [6.07, 6.45) is 1.98. The Labute approximate surface area is 130 Å². The van der Waals surface area contributed by atoms with Crippen molar-refractivity contribution in [2.75, 3.05) is 0 Å². The van der Waals surface area contributed by atoms with Crippen molar-refractivity contribution >= 4 is 22.9 Å². The maximum absolute atomic E-state index is 6.02. The van der Waals surface area contributed by atoms with E-state index in [9.17, 15) is 0 Å². The molecule has 0 aliphatic heterocycles. The van der Waals surface area contributed by atoms with E-state index in [1.54, 1.807) is 11.3 Å². The second-order valence-corrected chi connectivity index (χ2v) is 7.59. The third-order valence-electron chi connectivity index (χ3n) is 3.13. The van der Waals surface area contributed by atoms with Crippen LogP contribution in [0.25, 0.3) is 0 Å². The Bertz CT molecular complexity index is 572. The zero-order chi connectivity index (χ0) is 14.8. The predicted octanol–water partition coefficient (Wildman–Crippen LogP) is 4.94. The van der Waals surface area contributed by atoms with E-state index in [4.69, 9.17) is 11.6 Å².